The van der Waals surface area contributed by atoms with E-state index in [2.05, 4.69) is 5.32 Å². The number of rotatable bonds is 10. The van der Waals surface area contributed by atoms with Gasteiger partial charge in [-0.3, -0.25) is 19.7 Å². The number of nitrogens with zero attached hydrogens (tertiary/aromatic N) is 1. The summed E-state index contributed by atoms with van der Waals surface area (Å²) in [4.78, 5) is 48.6. The Kier molecular flexibility index (Phi) is 8.12. The molecule has 0 saturated carbocycles. The van der Waals surface area contributed by atoms with Gasteiger partial charge in [0, 0.05) is 17.2 Å². The number of carbonyl (C=O) groups is 3. The Morgan fingerprint density at radius 1 is 0.943 bits per heavy atom. The number of carbonyl (C=O) groups excluding carboxylic acids is 3. The molecular weight excluding hydrogens is 456 g/mol. The number of anilines is 1. The van der Waals surface area contributed by atoms with Crippen LogP contribution in [0.15, 0.2) is 66.7 Å². The van der Waals surface area contributed by atoms with Crippen LogP contribution in [0.2, 0.25) is 0 Å². The van der Waals surface area contributed by atoms with Crippen LogP contribution in [0.5, 0.6) is 11.5 Å². The molecule has 1 N–H and O–H groups in total. The minimum absolute atomic E-state index is 0.0932. The molecule has 0 fully saturated rings. The zero-order valence-electron chi connectivity index (χ0n) is 19.0. The van der Waals surface area contributed by atoms with E-state index in [0.29, 0.717) is 5.56 Å². The van der Waals surface area contributed by atoms with Gasteiger partial charge in [0.05, 0.1) is 30.4 Å². The summed E-state index contributed by atoms with van der Waals surface area (Å²) < 4.78 is 15.4. The summed E-state index contributed by atoms with van der Waals surface area (Å²) in [5, 5.41) is 14.0. The van der Waals surface area contributed by atoms with Crippen molar-refractivity contribution in [2.75, 3.05) is 25.6 Å². The molecular formula is C25H22N2O8. The zero-order chi connectivity index (χ0) is 25.4. The minimum Gasteiger partial charge on any atom is -0.493 e. The van der Waals surface area contributed by atoms with E-state index in [-0.39, 0.29) is 35.1 Å². The van der Waals surface area contributed by atoms with E-state index in [9.17, 15) is 24.5 Å². The van der Waals surface area contributed by atoms with Crippen molar-refractivity contribution in [3.05, 3.63) is 93.5 Å². The molecule has 0 atom stereocenters. The van der Waals surface area contributed by atoms with Gasteiger partial charge >= 0.3 is 5.97 Å². The SMILES string of the molecule is CCOc1cc([N+](=O)[O-])c(C(=O)OCC(=O)Nc2ccccc2C(=O)c2ccccc2)cc1OC. The van der Waals surface area contributed by atoms with E-state index < -0.39 is 34.7 Å². The van der Waals surface area contributed by atoms with Gasteiger partial charge < -0.3 is 19.5 Å². The number of para-hydroxylation sites is 1. The molecule has 3 aromatic rings. The Hall–Kier alpha value is -4.73. The zero-order valence-corrected chi connectivity index (χ0v) is 19.0. The summed E-state index contributed by atoms with van der Waals surface area (Å²) in [6, 6.07) is 17.1. The van der Waals surface area contributed by atoms with E-state index in [1.54, 1.807) is 55.5 Å². The largest absolute Gasteiger partial charge is 0.493 e. The maximum absolute atomic E-state index is 12.8. The lowest BCUT2D eigenvalue weighted by atomic mass is 10.0. The maximum atomic E-state index is 12.8. The van der Waals surface area contributed by atoms with Gasteiger partial charge in [0.2, 0.25) is 0 Å². The third-order valence-corrected chi connectivity index (χ3v) is 4.81. The van der Waals surface area contributed by atoms with Crippen LogP contribution >= 0.6 is 0 Å². The number of esters is 1. The molecule has 0 aliphatic heterocycles. The van der Waals surface area contributed by atoms with Crippen LogP contribution in [-0.4, -0.2) is 42.9 Å². The Morgan fingerprint density at radius 3 is 2.29 bits per heavy atom. The summed E-state index contributed by atoms with van der Waals surface area (Å²) in [6.45, 7) is 1.18. The first-order valence-corrected chi connectivity index (χ1v) is 10.5. The topological polar surface area (TPSA) is 134 Å². The molecule has 3 aromatic carbocycles. The highest BCUT2D eigenvalue weighted by Gasteiger charge is 2.26. The fraction of sp³-hybridized carbons (Fsp3) is 0.160. The lowest BCUT2D eigenvalue weighted by Gasteiger charge is -2.12. The highest BCUT2D eigenvalue weighted by Crippen LogP contribution is 2.35. The molecule has 0 heterocycles. The maximum Gasteiger partial charge on any atom is 0.345 e. The van der Waals surface area contributed by atoms with Gasteiger partial charge in [-0.15, -0.1) is 0 Å². The van der Waals surface area contributed by atoms with E-state index in [1.807, 2.05) is 0 Å². The molecule has 35 heavy (non-hydrogen) atoms. The fourth-order valence-corrected chi connectivity index (χ4v) is 3.22. The number of hydrogen-bond acceptors (Lipinski definition) is 8. The molecule has 180 valence electrons. The number of ether oxygens (including phenoxy) is 3. The molecule has 0 bridgehead atoms. The summed E-state index contributed by atoms with van der Waals surface area (Å²) in [5.41, 5.74) is -0.0278. The van der Waals surface area contributed by atoms with Crippen LogP contribution in [0, 0.1) is 10.1 Å². The normalized spacial score (nSPS) is 10.2. The van der Waals surface area contributed by atoms with Crippen molar-refractivity contribution in [2.45, 2.75) is 6.92 Å². The standard InChI is InChI=1S/C25H22N2O8/c1-3-34-22-14-20(27(31)32)18(13-21(22)33-2)25(30)35-15-23(28)26-19-12-8-7-11-17(19)24(29)16-9-5-4-6-10-16/h4-14H,3,15H2,1-2H3,(H,26,28). The number of nitro groups is 1. The lowest BCUT2D eigenvalue weighted by Crippen LogP contribution is -2.22. The molecule has 0 spiro atoms. The quantitative estimate of drug-likeness (QED) is 0.200. The first-order valence-electron chi connectivity index (χ1n) is 10.5. The molecule has 0 aromatic heterocycles. The third kappa shape index (κ3) is 5.99. The van der Waals surface area contributed by atoms with Crippen molar-refractivity contribution < 1.29 is 33.5 Å². The first kappa shape index (κ1) is 24.9. The summed E-state index contributed by atoms with van der Waals surface area (Å²) >= 11 is 0. The highest BCUT2D eigenvalue weighted by atomic mass is 16.6. The molecule has 0 aliphatic carbocycles. The lowest BCUT2D eigenvalue weighted by molar-refractivity contribution is -0.385. The van der Waals surface area contributed by atoms with Gasteiger partial charge in [0.25, 0.3) is 11.6 Å². The molecule has 0 saturated heterocycles. The van der Waals surface area contributed by atoms with Gasteiger partial charge in [-0.2, -0.15) is 0 Å². The summed E-state index contributed by atoms with van der Waals surface area (Å²) in [5.74, 6) is -1.93. The first-order chi connectivity index (χ1) is 16.8. The second-order valence-electron chi connectivity index (χ2n) is 7.08. The number of amides is 1. The molecule has 1 amide bonds. The van der Waals surface area contributed by atoms with Crippen LogP contribution in [0.3, 0.4) is 0 Å². The van der Waals surface area contributed by atoms with Crippen molar-refractivity contribution in [3.8, 4) is 11.5 Å². The number of hydrogen-bond donors (Lipinski definition) is 1. The fourth-order valence-electron chi connectivity index (χ4n) is 3.22. The van der Waals surface area contributed by atoms with Gasteiger partial charge in [-0.05, 0) is 19.1 Å². The van der Waals surface area contributed by atoms with Gasteiger partial charge in [-0.1, -0.05) is 42.5 Å². The smallest absolute Gasteiger partial charge is 0.345 e. The Morgan fingerprint density at radius 2 is 1.63 bits per heavy atom. The predicted molar refractivity (Wildman–Crippen MR) is 126 cm³/mol. The van der Waals surface area contributed by atoms with Crippen molar-refractivity contribution in [2.24, 2.45) is 0 Å². The molecule has 0 unspecified atom stereocenters. The van der Waals surface area contributed by atoms with Crippen molar-refractivity contribution >= 4 is 29.0 Å². The van der Waals surface area contributed by atoms with Crippen LogP contribution in [0.4, 0.5) is 11.4 Å². The van der Waals surface area contributed by atoms with Crippen LogP contribution in [0.25, 0.3) is 0 Å². The van der Waals surface area contributed by atoms with Crippen LogP contribution < -0.4 is 14.8 Å². The second-order valence-corrected chi connectivity index (χ2v) is 7.08. The Bertz CT molecular complexity index is 1260. The number of nitrogens with one attached hydrogen (secondary N) is 1. The Balaban J connectivity index is 1.74. The highest BCUT2D eigenvalue weighted by molar-refractivity contribution is 6.14. The summed E-state index contributed by atoms with van der Waals surface area (Å²) in [7, 11) is 1.32. The van der Waals surface area contributed by atoms with E-state index >= 15 is 0 Å². The minimum atomic E-state index is -1.10. The van der Waals surface area contributed by atoms with Crippen molar-refractivity contribution in [1.29, 1.82) is 0 Å². The Labute approximate surface area is 200 Å². The van der Waals surface area contributed by atoms with Crippen LogP contribution in [-0.2, 0) is 9.53 Å². The van der Waals surface area contributed by atoms with Gasteiger partial charge in [0.15, 0.2) is 23.9 Å². The van der Waals surface area contributed by atoms with Crippen LogP contribution in [0.1, 0.15) is 33.2 Å². The molecule has 0 aliphatic rings. The number of benzene rings is 3. The number of nitro benzene ring substituents is 1. The van der Waals surface area contributed by atoms with Gasteiger partial charge in [0.1, 0.15) is 5.56 Å². The number of ketones is 1. The molecule has 3 rings (SSSR count). The van der Waals surface area contributed by atoms with Gasteiger partial charge in [-0.25, -0.2) is 4.79 Å². The average Bonchev–Trinajstić information content (AvgIpc) is 2.87. The predicted octanol–water partition coefficient (Wildman–Crippen LogP) is 4.03. The van der Waals surface area contributed by atoms with E-state index in [4.69, 9.17) is 14.2 Å². The van der Waals surface area contributed by atoms with Crippen molar-refractivity contribution in [1.82, 2.24) is 0 Å². The molecule has 10 nitrogen and oxygen atoms in total. The molecule has 0 radical (unpaired) electrons. The van der Waals surface area contributed by atoms with E-state index in [1.165, 1.54) is 13.2 Å². The van der Waals surface area contributed by atoms with Crippen molar-refractivity contribution in [3.63, 3.8) is 0 Å². The van der Waals surface area contributed by atoms with E-state index in [0.717, 1.165) is 12.1 Å². The average molecular weight is 478 g/mol. The molecule has 10 heteroatoms. The second kappa shape index (κ2) is 11.4. The summed E-state index contributed by atoms with van der Waals surface area (Å²) in [6.07, 6.45) is 0. The number of methoxy groups -OCH3 is 1. The third-order valence-electron chi connectivity index (χ3n) is 4.81. The monoisotopic (exact) mass is 478 g/mol.